The van der Waals surface area contributed by atoms with E-state index in [1.165, 1.54) is 13.0 Å². The van der Waals surface area contributed by atoms with Gasteiger partial charge in [0.25, 0.3) is 0 Å². The Kier molecular flexibility index (Phi) is 5.68. The van der Waals surface area contributed by atoms with E-state index < -0.39 is 47.6 Å². The molecule has 0 aliphatic carbocycles. The van der Waals surface area contributed by atoms with E-state index in [1.807, 2.05) is 0 Å². The Labute approximate surface area is 122 Å². The number of alkyl halides is 5. The normalized spacial score (nSPS) is 11.2. The minimum absolute atomic E-state index is 0.0215. The van der Waals surface area contributed by atoms with E-state index in [0.29, 0.717) is 12.1 Å². The lowest BCUT2D eigenvalue weighted by atomic mass is 10.0. The summed E-state index contributed by atoms with van der Waals surface area (Å²) in [6, 6.07) is 2.23. The number of esters is 1. The number of nitrogens with zero attached hydrogens (tertiary/aromatic N) is 1. The van der Waals surface area contributed by atoms with Gasteiger partial charge in [0.15, 0.2) is 0 Å². The monoisotopic (exact) mass is 323 g/mol. The summed E-state index contributed by atoms with van der Waals surface area (Å²) in [5.74, 6) is -1.58. The molecule has 0 saturated heterocycles. The first-order chi connectivity index (χ1) is 10.2. The van der Waals surface area contributed by atoms with E-state index >= 15 is 0 Å². The third kappa shape index (κ3) is 4.58. The van der Waals surface area contributed by atoms with Crippen molar-refractivity contribution < 1.29 is 36.2 Å². The zero-order chi connectivity index (χ0) is 16.9. The number of rotatable bonds is 5. The SMILES string of the molecule is CCOC(=O)Cc1cc(C(F)(F)F)c(C#N)cc1OC(F)F. The van der Waals surface area contributed by atoms with E-state index in [0.717, 1.165) is 0 Å². The molecule has 0 unspecified atom stereocenters. The first-order valence-electron chi connectivity index (χ1n) is 5.93. The molecule has 0 saturated carbocycles. The Morgan fingerprint density at radius 2 is 2.00 bits per heavy atom. The number of ether oxygens (including phenoxy) is 2. The highest BCUT2D eigenvalue weighted by Crippen LogP contribution is 2.36. The van der Waals surface area contributed by atoms with Gasteiger partial charge >= 0.3 is 18.8 Å². The van der Waals surface area contributed by atoms with Crippen LogP contribution < -0.4 is 4.74 Å². The molecule has 1 aromatic carbocycles. The minimum atomic E-state index is -4.88. The summed E-state index contributed by atoms with van der Waals surface area (Å²) < 4.78 is 71.8. The summed E-state index contributed by atoms with van der Waals surface area (Å²) in [6.45, 7) is -1.86. The van der Waals surface area contributed by atoms with Gasteiger partial charge in [0.2, 0.25) is 0 Å². The number of nitriles is 1. The second kappa shape index (κ2) is 7.06. The van der Waals surface area contributed by atoms with Gasteiger partial charge in [-0.05, 0) is 19.1 Å². The van der Waals surface area contributed by atoms with Crippen molar-refractivity contribution in [2.75, 3.05) is 6.61 Å². The van der Waals surface area contributed by atoms with Crippen molar-refractivity contribution in [2.45, 2.75) is 26.1 Å². The molecule has 0 fully saturated rings. The molecule has 0 atom stereocenters. The number of benzene rings is 1. The van der Waals surface area contributed by atoms with Crippen LogP contribution in [-0.4, -0.2) is 19.2 Å². The molecule has 9 heteroatoms. The summed E-state index contributed by atoms with van der Waals surface area (Å²) in [7, 11) is 0. The van der Waals surface area contributed by atoms with Crippen LogP contribution in [0.3, 0.4) is 0 Å². The van der Waals surface area contributed by atoms with E-state index in [9.17, 15) is 26.7 Å². The summed E-state index contributed by atoms with van der Waals surface area (Å²) in [4.78, 5) is 11.4. The van der Waals surface area contributed by atoms with Crippen molar-refractivity contribution >= 4 is 5.97 Å². The molecule has 0 heterocycles. The summed E-state index contributed by atoms with van der Waals surface area (Å²) in [6.07, 6.45) is -5.57. The molecule has 0 amide bonds. The molecular formula is C13H10F5NO3. The fourth-order valence-electron chi connectivity index (χ4n) is 1.66. The highest BCUT2D eigenvalue weighted by atomic mass is 19.4. The molecule has 4 nitrogen and oxygen atoms in total. The van der Waals surface area contributed by atoms with E-state index in [1.54, 1.807) is 0 Å². The largest absolute Gasteiger partial charge is 0.466 e. The Morgan fingerprint density at radius 1 is 1.36 bits per heavy atom. The number of hydrogen-bond acceptors (Lipinski definition) is 4. The zero-order valence-corrected chi connectivity index (χ0v) is 11.2. The van der Waals surface area contributed by atoms with Crippen LogP contribution in [0.4, 0.5) is 22.0 Å². The van der Waals surface area contributed by atoms with Gasteiger partial charge < -0.3 is 9.47 Å². The van der Waals surface area contributed by atoms with E-state index in [4.69, 9.17) is 5.26 Å². The van der Waals surface area contributed by atoms with Crippen molar-refractivity contribution in [3.8, 4) is 11.8 Å². The van der Waals surface area contributed by atoms with Gasteiger partial charge in [0.05, 0.1) is 30.2 Å². The average molecular weight is 323 g/mol. The molecule has 0 aromatic heterocycles. The van der Waals surface area contributed by atoms with Crippen LogP contribution >= 0.6 is 0 Å². The van der Waals surface area contributed by atoms with Gasteiger partial charge in [-0.3, -0.25) is 4.79 Å². The Morgan fingerprint density at radius 3 is 2.45 bits per heavy atom. The maximum Gasteiger partial charge on any atom is 0.417 e. The van der Waals surface area contributed by atoms with Gasteiger partial charge in [-0.15, -0.1) is 0 Å². The Bertz CT molecular complexity index is 593. The summed E-state index contributed by atoms with van der Waals surface area (Å²) in [5.41, 5.74) is -2.66. The number of halogens is 5. The van der Waals surface area contributed by atoms with E-state index in [2.05, 4.69) is 9.47 Å². The predicted octanol–water partition coefficient (Wildman–Crippen LogP) is 3.28. The third-order valence-electron chi connectivity index (χ3n) is 2.48. The molecule has 0 aliphatic heterocycles. The van der Waals surface area contributed by atoms with Crippen molar-refractivity contribution in [2.24, 2.45) is 0 Å². The maximum absolute atomic E-state index is 12.8. The molecule has 22 heavy (non-hydrogen) atoms. The van der Waals surface area contributed by atoms with Gasteiger partial charge in [0.1, 0.15) is 5.75 Å². The van der Waals surface area contributed by atoms with Gasteiger partial charge in [-0.2, -0.15) is 27.2 Å². The van der Waals surface area contributed by atoms with Crippen LogP contribution in [-0.2, 0) is 22.1 Å². The topological polar surface area (TPSA) is 59.3 Å². The summed E-state index contributed by atoms with van der Waals surface area (Å²) >= 11 is 0. The Hall–Kier alpha value is -2.37. The van der Waals surface area contributed by atoms with Crippen LogP contribution in [0.15, 0.2) is 12.1 Å². The van der Waals surface area contributed by atoms with Gasteiger partial charge in [-0.25, -0.2) is 0 Å². The van der Waals surface area contributed by atoms with Gasteiger partial charge in [-0.1, -0.05) is 0 Å². The number of hydrogen-bond donors (Lipinski definition) is 0. The smallest absolute Gasteiger partial charge is 0.417 e. The molecule has 0 aliphatic rings. The fraction of sp³-hybridized carbons (Fsp3) is 0.385. The molecule has 1 aromatic rings. The predicted molar refractivity (Wildman–Crippen MR) is 63.1 cm³/mol. The number of carbonyl (C=O) groups is 1. The lowest BCUT2D eigenvalue weighted by Gasteiger charge is -2.15. The molecule has 0 radical (unpaired) electrons. The first kappa shape index (κ1) is 17.7. The zero-order valence-electron chi connectivity index (χ0n) is 11.2. The van der Waals surface area contributed by atoms with E-state index in [-0.39, 0.29) is 6.61 Å². The first-order valence-corrected chi connectivity index (χ1v) is 5.93. The lowest BCUT2D eigenvalue weighted by Crippen LogP contribution is -2.14. The fourth-order valence-corrected chi connectivity index (χ4v) is 1.66. The quantitative estimate of drug-likeness (QED) is 0.616. The molecule has 0 N–H and O–H groups in total. The van der Waals surface area contributed by atoms with Crippen LogP contribution in [0.2, 0.25) is 0 Å². The Balaban J connectivity index is 3.36. The van der Waals surface area contributed by atoms with Crippen LogP contribution in [0.25, 0.3) is 0 Å². The standard InChI is InChI=1S/C13H10F5NO3/c1-2-21-11(20)5-7-3-9(13(16,17)18)8(6-19)4-10(7)22-12(14)15/h3-4,12H,2,5H2,1H3. The minimum Gasteiger partial charge on any atom is -0.466 e. The van der Waals surface area contributed by atoms with Crippen molar-refractivity contribution in [3.05, 3.63) is 28.8 Å². The van der Waals surface area contributed by atoms with Crippen LogP contribution in [0.5, 0.6) is 5.75 Å². The van der Waals surface area contributed by atoms with Crippen LogP contribution in [0.1, 0.15) is 23.6 Å². The molecule has 120 valence electrons. The maximum atomic E-state index is 12.8. The molecule has 0 spiro atoms. The molecule has 0 bridgehead atoms. The van der Waals surface area contributed by atoms with Gasteiger partial charge in [0, 0.05) is 5.56 Å². The number of carbonyl (C=O) groups excluding carboxylic acids is 1. The third-order valence-corrected chi connectivity index (χ3v) is 2.48. The highest BCUT2D eigenvalue weighted by molar-refractivity contribution is 5.74. The van der Waals surface area contributed by atoms with Crippen molar-refractivity contribution in [3.63, 3.8) is 0 Å². The van der Waals surface area contributed by atoms with Crippen molar-refractivity contribution in [1.82, 2.24) is 0 Å². The second-order valence-electron chi connectivity index (χ2n) is 3.98. The highest BCUT2D eigenvalue weighted by Gasteiger charge is 2.35. The lowest BCUT2D eigenvalue weighted by molar-refractivity contribution is -0.143. The second-order valence-corrected chi connectivity index (χ2v) is 3.98. The molecular weight excluding hydrogens is 313 g/mol. The molecule has 1 rings (SSSR count). The average Bonchev–Trinajstić information content (AvgIpc) is 2.38. The van der Waals surface area contributed by atoms with Crippen LogP contribution in [0, 0.1) is 11.3 Å². The van der Waals surface area contributed by atoms with Crippen molar-refractivity contribution in [1.29, 1.82) is 5.26 Å². The summed E-state index contributed by atoms with van der Waals surface area (Å²) in [5, 5.41) is 8.71.